The third-order valence-corrected chi connectivity index (χ3v) is 7.39. The molecule has 0 bridgehead atoms. The number of amides is 1. The second-order valence-corrected chi connectivity index (χ2v) is 9.06. The summed E-state index contributed by atoms with van der Waals surface area (Å²) in [5, 5.41) is 7.92. The Bertz CT molecular complexity index is 959. The Hall–Kier alpha value is -2.31. The molecule has 0 aliphatic carbocycles. The van der Waals surface area contributed by atoms with Gasteiger partial charge in [-0.25, -0.2) is 13.2 Å². The van der Waals surface area contributed by atoms with E-state index in [9.17, 15) is 18.0 Å². The molecule has 0 spiro atoms. The Kier molecular flexibility index (Phi) is 6.10. The van der Waals surface area contributed by atoms with Gasteiger partial charge >= 0.3 is 5.97 Å². The quantitative estimate of drug-likeness (QED) is 0.673. The monoisotopic (exact) mass is 428 g/mol. The van der Waals surface area contributed by atoms with Gasteiger partial charge in [0.25, 0.3) is 0 Å². The summed E-state index contributed by atoms with van der Waals surface area (Å²) >= 11 is 1.02. The van der Waals surface area contributed by atoms with Gasteiger partial charge in [-0.05, 0) is 31.2 Å². The summed E-state index contributed by atoms with van der Waals surface area (Å²) in [6.07, 6.45) is 0.761. The Morgan fingerprint density at radius 2 is 2.11 bits per heavy atom. The minimum absolute atomic E-state index is 0.0530. The van der Waals surface area contributed by atoms with Crippen LogP contribution in [0.3, 0.4) is 0 Å². The van der Waals surface area contributed by atoms with E-state index in [0.717, 1.165) is 11.3 Å². The molecular formula is C16H20N4O6S2. The van der Waals surface area contributed by atoms with E-state index in [1.807, 2.05) is 0 Å². The summed E-state index contributed by atoms with van der Waals surface area (Å²) in [5.74, 6) is -0.364. The van der Waals surface area contributed by atoms with Crippen molar-refractivity contribution in [3.05, 3.63) is 28.0 Å². The van der Waals surface area contributed by atoms with Crippen LogP contribution in [0.25, 0.3) is 0 Å². The van der Waals surface area contributed by atoms with E-state index in [1.54, 1.807) is 12.3 Å². The van der Waals surface area contributed by atoms with E-state index in [4.69, 9.17) is 4.52 Å². The Morgan fingerprint density at radius 1 is 1.39 bits per heavy atom. The highest BCUT2D eigenvalue weighted by atomic mass is 32.2. The molecule has 152 valence electrons. The van der Waals surface area contributed by atoms with Crippen LogP contribution in [0.1, 0.15) is 34.2 Å². The molecule has 3 heterocycles. The van der Waals surface area contributed by atoms with E-state index < -0.39 is 16.0 Å². The first kappa shape index (κ1) is 20.4. The van der Waals surface area contributed by atoms with Gasteiger partial charge in [-0.3, -0.25) is 4.79 Å². The van der Waals surface area contributed by atoms with Gasteiger partial charge in [0.2, 0.25) is 21.8 Å². The Labute approximate surface area is 165 Å². The maximum absolute atomic E-state index is 12.9. The molecule has 1 fully saturated rings. The number of ether oxygens (including phenoxy) is 1. The second kappa shape index (κ2) is 8.37. The van der Waals surface area contributed by atoms with Crippen molar-refractivity contribution in [2.75, 3.05) is 20.2 Å². The van der Waals surface area contributed by atoms with Crippen LogP contribution in [-0.4, -0.2) is 54.9 Å². The maximum Gasteiger partial charge on any atom is 0.349 e. The van der Waals surface area contributed by atoms with Gasteiger partial charge in [0, 0.05) is 19.0 Å². The second-order valence-electron chi connectivity index (χ2n) is 6.24. The van der Waals surface area contributed by atoms with Crippen molar-refractivity contribution in [3.8, 4) is 0 Å². The van der Waals surface area contributed by atoms with E-state index in [-0.39, 0.29) is 41.2 Å². The number of nitrogens with zero attached hydrogens (tertiary/aromatic N) is 3. The first-order chi connectivity index (χ1) is 13.3. The lowest BCUT2D eigenvalue weighted by molar-refractivity contribution is -0.126. The molecule has 12 heteroatoms. The number of hydrogen-bond acceptors (Lipinski definition) is 9. The standard InChI is InChI=1S/C16H20N4O6S2/c1-10-18-13(26-19-10)9-17-15(21)11-3-6-20(7-4-11)28(23,24)12-5-8-27-14(12)16(22)25-2/h5,8,11H,3-4,6-7,9H2,1-2H3,(H,17,21). The zero-order valence-corrected chi connectivity index (χ0v) is 17.0. The molecule has 1 saturated heterocycles. The number of aryl methyl sites for hydroxylation is 1. The summed E-state index contributed by atoms with van der Waals surface area (Å²) < 4.78 is 36.6. The molecule has 10 nitrogen and oxygen atoms in total. The van der Waals surface area contributed by atoms with Gasteiger partial charge in [0.15, 0.2) is 5.82 Å². The fourth-order valence-corrected chi connectivity index (χ4v) is 5.74. The highest BCUT2D eigenvalue weighted by Gasteiger charge is 2.35. The molecule has 1 N–H and O–H groups in total. The molecule has 28 heavy (non-hydrogen) atoms. The molecule has 0 radical (unpaired) electrons. The first-order valence-electron chi connectivity index (χ1n) is 8.55. The highest BCUT2D eigenvalue weighted by Crippen LogP contribution is 2.29. The SMILES string of the molecule is COC(=O)c1sccc1S(=O)(=O)N1CCC(C(=O)NCc2nc(C)no2)CC1. The third-order valence-electron chi connectivity index (χ3n) is 4.43. The van der Waals surface area contributed by atoms with Crippen LogP contribution in [0.15, 0.2) is 20.9 Å². The number of aromatic nitrogens is 2. The van der Waals surface area contributed by atoms with Gasteiger partial charge in [0.05, 0.1) is 13.7 Å². The average Bonchev–Trinajstić information content (AvgIpc) is 3.35. The van der Waals surface area contributed by atoms with Crippen LogP contribution in [0.4, 0.5) is 0 Å². The fourth-order valence-electron chi connectivity index (χ4n) is 2.96. The number of hydrogen-bond donors (Lipinski definition) is 1. The van der Waals surface area contributed by atoms with Crippen LogP contribution < -0.4 is 5.32 Å². The van der Waals surface area contributed by atoms with Crippen molar-refractivity contribution >= 4 is 33.2 Å². The number of sulfonamides is 1. The smallest absolute Gasteiger partial charge is 0.349 e. The van der Waals surface area contributed by atoms with Crippen molar-refractivity contribution in [3.63, 3.8) is 0 Å². The van der Waals surface area contributed by atoms with Crippen molar-refractivity contribution in [2.24, 2.45) is 5.92 Å². The molecule has 3 rings (SSSR count). The number of carbonyl (C=O) groups excluding carboxylic acids is 2. The number of esters is 1. The molecule has 2 aromatic heterocycles. The zero-order valence-electron chi connectivity index (χ0n) is 15.4. The normalized spacial score (nSPS) is 16.1. The molecule has 0 aromatic carbocycles. The maximum atomic E-state index is 12.9. The van der Waals surface area contributed by atoms with E-state index >= 15 is 0 Å². The Morgan fingerprint density at radius 3 is 2.71 bits per heavy atom. The van der Waals surface area contributed by atoms with Crippen LogP contribution in [0.5, 0.6) is 0 Å². The summed E-state index contributed by atoms with van der Waals surface area (Å²) in [5.41, 5.74) is 0. The van der Waals surface area contributed by atoms with Crippen molar-refractivity contribution in [2.45, 2.75) is 31.2 Å². The molecule has 1 aliphatic heterocycles. The number of thiophene rings is 1. The minimum atomic E-state index is -3.83. The number of nitrogens with one attached hydrogen (secondary N) is 1. The topological polar surface area (TPSA) is 132 Å². The summed E-state index contributed by atoms with van der Waals surface area (Å²) in [4.78, 5) is 28.1. The van der Waals surface area contributed by atoms with Crippen LogP contribution in [0, 0.1) is 12.8 Å². The lowest BCUT2D eigenvalue weighted by Crippen LogP contribution is -2.43. The molecular weight excluding hydrogens is 408 g/mol. The fraction of sp³-hybridized carbons (Fsp3) is 0.500. The van der Waals surface area contributed by atoms with Gasteiger partial charge in [-0.1, -0.05) is 5.16 Å². The third kappa shape index (κ3) is 4.23. The zero-order chi connectivity index (χ0) is 20.3. The number of piperidine rings is 1. The van der Waals surface area contributed by atoms with Crippen molar-refractivity contribution in [1.82, 2.24) is 19.8 Å². The van der Waals surface area contributed by atoms with Crippen molar-refractivity contribution < 1.29 is 27.3 Å². The predicted molar refractivity (Wildman–Crippen MR) is 98.0 cm³/mol. The molecule has 0 unspecified atom stereocenters. The molecule has 0 atom stereocenters. The lowest BCUT2D eigenvalue weighted by Gasteiger charge is -2.30. The van der Waals surface area contributed by atoms with Crippen LogP contribution in [-0.2, 0) is 26.1 Å². The van der Waals surface area contributed by atoms with Crippen LogP contribution >= 0.6 is 11.3 Å². The summed E-state index contributed by atoms with van der Waals surface area (Å²) in [6.45, 7) is 2.20. The van der Waals surface area contributed by atoms with E-state index in [0.29, 0.717) is 24.6 Å². The first-order valence-corrected chi connectivity index (χ1v) is 10.9. The number of rotatable bonds is 6. The number of methoxy groups -OCH3 is 1. The van der Waals surface area contributed by atoms with Gasteiger partial charge in [-0.2, -0.15) is 9.29 Å². The Balaban J connectivity index is 1.59. The van der Waals surface area contributed by atoms with Gasteiger partial charge in [-0.15, -0.1) is 11.3 Å². The molecule has 0 saturated carbocycles. The molecule has 2 aromatic rings. The largest absolute Gasteiger partial charge is 0.465 e. The molecule has 1 amide bonds. The van der Waals surface area contributed by atoms with Crippen molar-refractivity contribution in [1.29, 1.82) is 0 Å². The summed E-state index contributed by atoms with van der Waals surface area (Å²) in [7, 11) is -2.62. The van der Waals surface area contributed by atoms with Gasteiger partial charge in [0.1, 0.15) is 9.77 Å². The average molecular weight is 428 g/mol. The van der Waals surface area contributed by atoms with Gasteiger partial charge < -0.3 is 14.6 Å². The lowest BCUT2D eigenvalue weighted by atomic mass is 9.97. The summed E-state index contributed by atoms with van der Waals surface area (Å²) in [6, 6.07) is 1.40. The van der Waals surface area contributed by atoms with E-state index in [2.05, 4.69) is 20.2 Å². The highest BCUT2D eigenvalue weighted by molar-refractivity contribution is 7.89. The molecule has 1 aliphatic rings. The van der Waals surface area contributed by atoms with E-state index in [1.165, 1.54) is 17.5 Å². The van der Waals surface area contributed by atoms with Crippen LogP contribution in [0.2, 0.25) is 0 Å². The minimum Gasteiger partial charge on any atom is -0.465 e. The number of carbonyl (C=O) groups is 2. The predicted octanol–water partition coefficient (Wildman–Crippen LogP) is 0.943.